The van der Waals surface area contributed by atoms with Gasteiger partial charge in [0.15, 0.2) is 0 Å². The number of carbonyl (C=O) groups excluding carboxylic acids is 2. The predicted octanol–water partition coefficient (Wildman–Crippen LogP) is 3.03. The molecule has 0 bridgehead atoms. The zero-order valence-electron chi connectivity index (χ0n) is 18.7. The van der Waals surface area contributed by atoms with Gasteiger partial charge in [0.1, 0.15) is 13.2 Å². The lowest BCUT2D eigenvalue weighted by molar-refractivity contribution is -0.163. The summed E-state index contributed by atoms with van der Waals surface area (Å²) in [5, 5.41) is 0. The van der Waals surface area contributed by atoms with Gasteiger partial charge in [-0.15, -0.1) is 0 Å². The van der Waals surface area contributed by atoms with E-state index in [-0.39, 0.29) is 60.4 Å². The molecular formula is C23H36O7. The Morgan fingerprint density at radius 3 is 1.73 bits per heavy atom. The second-order valence-corrected chi connectivity index (χ2v) is 10.3. The van der Waals surface area contributed by atoms with E-state index in [4.69, 9.17) is 23.7 Å². The van der Waals surface area contributed by atoms with Crippen LogP contribution in [0.25, 0.3) is 0 Å². The highest BCUT2D eigenvalue weighted by Crippen LogP contribution is 2.50. The molecule has 0 N–H and O–H groups in total. The summed E-state index contributed by atoms with van der Waals surface area (Å²) >= 11 is 0. The van der Waals surface area contributed by atoms with Crippen molar-refractivity contribution in [3.05, 3.63) is 0 Å². The van der Waals surface area contributed by atoms with Crippen LogP contribution in [0.3, 0.4) is 0 Å². The van der Waals surface area contributed by atoms with Gasteiger partial charge >= 0.3 is 11.9 Å². The molecular weight excluding hydrogens is 388 g/mol. The Balaban J connectivity index is 1.27. The van der Waals surface area contributed by atoms with Crippen LogP contribution >= 0.6 is 0 Å². The van der Waals surface area contributed by atoms with Crippen LogP contribution in [0.1, 0.15) is 65.7 Å². The van der Waals surface area contributed by atoms with Crippen LogP contribution in [0, 0.1) is 17.3 Å². The first-order chi connectivity index (χ1) is 14.2. The molecule has 7 heteroatoms. The molecule has 0 spiro atoms. The molecule has 6 atom stereocenters. The molecule has 6 unspecified atom stereocenters. The lowest BCUT2D eigenvalue weighted by atomic mass is 9.82. The SMILES string of the molecule is CCC(COC)(COC(=O)C1CCC2(C)OC2C1)COC(=O)C1CCC2(C)OC2C1. The minimum absolute atomic E-state index is 0.0176. The highest BCUT2D eigenvalue weighted by Gasteiger charge is 2.57. The largest absolute Gasteiger partial charge is 0.465 e. The molecule has 4 rings (SSSR count). The average molecular weight is 425 g/mol. The van der Waals surface area contributed by atoms with E-state index in [0.29, 0.717) is 13.0 Å². The predicted molar refractivity (Wildman–Crippen MR) is 108 cm³/mol. The van der Waals surface area contributed by atoms with Crippen LogP contribution in [-0.2, 0) is 33.3 Å². The molecule has 0 amide bonds. The fraction of sp³-hybridized carbons (Fsp3) is 0.913. The molecule has 4 aliphatic rings. The lowest BCUT2D eigenvalue weighted by Gasteiger charge is -2.32. The van der Waals surface area contributed by atoms with Crippen molar-refractivity contribution in [2.75, 3.05) is 26.9 Å². The highest BCUT2D eigenvalue weighted by atomic mass is 16.6. The molecule has 7 nitrogen and oxygen atoms in total. The summed E-state index contributed by atoms with van der Waals surface area (Å²) in [5.41, 5.74) is -0.564. The van der Waals surface area contributed by atoms with Crippen LogP contribution < -0.4 is 0 Å². The van der Waals surface area contributed by atoms with Crippen molar-refractivity contribution < 1.29 is 33.3 Å². The van der Waals surface area contributed by atoms with Gasteiger partial charge in [-0.25, -0.2) is 0 Å². The third kappa shape index (κ3) is 4.39. The Morgan fingerprint density at radius 2 is 1.37 bits per heavy atom. The first-order valence-corrected chi connectivity index (χ1v) is 11.4. The Bertz CT molecular complexity index is 628. The van der Waals surface area contributed by atoms with Crippen molar-refractivity contribution in [2.45, 2.75) is 89.1 Å². The number of methoxy groups -OCH3 is 1. The molecule has 30 heavy (non-hydrogen) atoms. The molecule has 0 aromatic carbocycles. The van der Waals surface area contributed by atoms with Crippen LogP contribution in [-0.4, -0.2) is 62.3 Å². The second kappa shape index (κ2) is 8.06. The van der Waals surface area contributed by atoms with Crippen LogP contribution in [0.4, 0.5) is 0 Å². The lowest BCUT2D eigenvalue weighted by Crippen LogP contribution is -2.40. The van der Waals surface area contributed by atoms with Gasteiger partial charge in [-0.2, -0.15) is 0 Å². The van der Waals surface area contributed by atoms with E-state index < -0.39 is 5.41 Å². The summed E-state index contributed by atoms with van der Waals surface area (Å²) in [5.74, 6) is -0.573. The summed E-state index contributed by atoms with van der Waals surface area (Å²) in [6.07, 6.45) is 5.93. The number of hydrogen-bond donors (Lipinski definition) is 0. The second-order valence-electron chi connectivity index (χ2n) is 10.3. The molecule has 0 aromatic heterocycles. The Labute approximate surface area is 179 Å². The Kier molecular flexibility index (Phi) is 5.92. The highest BCUT2D eigenvalue weighted by molar-refractivity contribution is 5.73. The molecule has 2 saturated carbocycles. The van der Waals surface area contributed by atoms with Gasteiger partial charge in [0.25, 0.3) is 0 Å². The third-order valence-corrected chi connectivity index (χ3v) is 7.95. The van der Waals surface area contributed by atoms with E-state index in [1.165, 1.54) is 0 Å². The van der Waals surface area contributed by atoms with Gasteiger partial charge in [-0.05, 0) is 58.8 Å². The Hall–Kier alpha value is -1.18. The zero-order valence-corrected chi connectivity index (χ0v) is 18.7. The van der Waals surface area contributed by atoms with Crippen molar-refractivity contribution in [3.8, 4) is 0 Å². The topological polar surface area (TPSA) is 86.9 Å². The van der Waals surface area contributed by atoms with Gasteiger partial charge in [0, 0.05) is 7.11 Å². The maximum Gasteiger partial charge on any atom is 0.309 e. The third-order valence-electron chi connectivity index (χ3n) is 7.95. The van der Waals surface area contributed by atoms with E-state index in [0.717, 1.165) is 38.5 Å². The normalized spacial score (nSPS) is 41.1. The number of carbonyl (C=O) groups is 2. The monoisotopic (exact) mass is 424 g/mol. The number of hydrogen-bond acceptors (Lipinski definition) is 7. The van der Waals surface area contributed by atoms with Crippen molar-refractivity contribution in [3.63, 3.8) is 0 Å². The molecule has 2 aliphatic heterocycles. The number of esters is 2. The minimum atomic E-state index is -0.529. The van der Waals surface area contributed by atoms with Crippen molar-refractivity contribution in [2.24, 2.45) is 17.3 Å². The van der Waals surface area contributed by atoms with E-state index in [9.17, 15) is 9.59 Å². The summed E-state index contributed by atoms with van der Waals surface area (Å²) in [6, 6.07) is 0. The number of ether oxygens (including phenoxy) is 5. The summed E-state index contributed by atoms with van der Waals surface area (Å²) in [4.78, 5) is 25.3. The molecule has 0 aromatic rings. The van der Waals surface area contributed by atoms with Crippen molar-refractivity contribution >= 4 is 11.9 Å². The number of fused-ring (bicyclic) bond motifs is 2. The molecule has 4 fully saturated rings. The zero-order chi connectivity index (χ0) is 21.6. The van der Waals surface area contributed by atoms with Gasteiger partial charge in [0.2, 0.25) is 0 Å². The molecule has 2 saturated heterocycles. The fourth-order valence-corrected chi connectivity index (χ4v) is 5.14. The van der Waals surface area contributed by atoms with Gasteiger partial charge in [-0.3, -0.25) is 9.59 Å². The molecule has 2 aliphatic carbocycles. The van der Waals surface area contributed by atoms with E-state index >= 15 is 0 Å². The van der Waals surface area contributed by atoms with E-state index in [2.05, 4.69) is 13.8 Å². The number of epoxide rings is 2. The smallest absolute Gasteiger partial charge is 0.309 e. The quantitative estimate of drug-likeness (QED) is 0.415. The summed E-state index contributed by atoms with van der Waals surface area (Å²) in [7, 11) is 1.62. The molecule has 170 valence electrons. The van der Waals surface area contributed by atoms with Crippen LogP contribution in [0.15, 0.2) is 0 Å². The van der Waals surface area contributed by atoms with Crippen molar-refractivity contribution in [1.82, 2.24) is 0 Å². The van der Waals surface area contributed by atoms with Crippen molar-refractivity contribution in [1.29, 1.82) is 0 Å². The maximum atomic E-state index is 12.6. The first-order valence-electron chi connectivity index (χ1n) is 11.4. The minimum Gasteiger partial charge on any atom is -0.465 e. The molecule has 0 radical (unpaired) electrons. The van der Waals surface area contributed by atoms with E-state index in [1.54, 1.807) is 7.11 Å². The van der Waals surface area contributed by atoms with Gasteiger partial charge < -0.3 is 23.7 Å². The van der Waals surface area contributed by atoms with Gasteiger partial charge in [-0.1, -0.05) is 6.92 Å². The standard InChI is InChI=1S/C23H36O7/c1-5-23(12-26-4,13-27-19(24)15-6-8-21(2)17(10-15)29-21)14-28-20(25)16-7-9-22(3)18(11-16)30-22/h15-18H,5-14H2,1-4H3. The van der Waals surface area contributed by atoms with E-state index in [1.807, 2.05) is 6.92 Å². The van der Waals surface area contributed by atoms with Gasteiger partial charge in [0.05, 0.1) is 47.3 Å². The maximum absolute atomic E-state index is 12.6. The summed E-state index contributed by atoms with van der Waals surface area (Å²) in [6.45, 7) is 6.98. The number of rotatable bonds is 9. The fourth-order valence-electron chi connectivity index (χ4n) is 5.14. The first kappa shape index (κ1) is 22.0. The average Bonchev–Trinajstić information content (AvgIpc) is 3.61. The van der Waals surface area contributed by atoms with Crippen LogP contribution in [0.2, 0.25) is 0 Å². The van der Waals surface area contributed by atoms with Crippen LogP contribution in [0.5, 0.6) is 0 Å². The molecule has 2 heterocycles. The Morgan fingerprint density at radius 1 is 0.900 bits per heavy atom. The summed E-state index contributed by atoms with van der Waals surface area (Å²) < 4.78 is 28.2.